The number of hydrogen-bond acceptors (Lipinski definition) is 11. The van der Waals surface area contributed by atoms with E-state index in [0.717, 1.165) is 17.5 Å². The van der Waals surface area contributed by atoms with E-state index in [1.54, 1.807) is 64.2 Å². The van der Waals surface area contributed by atoms with Crippen LogP contribution in [0.25, 0.3) is 22.2 Å². The number of aryl methyl sites for hydroxylation is 1. The SMILES string of the molecule is COc1ccc(CN(Cc2ccc(OC)cc2)c2cc(C)c(C(F)(F)F)c(-c3c(Cl)cc4c(N5CC6CCC(C5)N6C(=O)OC(C)(C)C)nc(OC(C)C56CCCN5CC(F)C6)nc4c3F)n2)cc1. The molecule has 9 rings (SSSR count). The summed E-state index contributed by atoms with van der Waals surface area (Å²) >= 11 is 7.06. The lowest BCUT2D eigenvalue weighted by Gasteiger charge is -2.42. The Morgan fingerprint density at radius 1 is 0.913 bits per heavy atom. The molecule has 0 radical (unpaired) electrons. The molecule has 6 heterocycles. The van der Waals surface area contributed by atoms with Crippen LogP contribution in [0.1, 0.15) is 82.1 Å². The Labute approximate surface area is 403 Å². The minimum atomic E-state index is -4.98. The summed E-state index contributed by atoms with van der Waals surface area (Å²) in [5, 5.41) is -0.201. The van der Waals surface area contributed by atoms with Crippen LogP contribution < -0.4 is 24.0 Å². The fourth-order valence-corrected chi connectivity index (χ4v) is 11.2. The predicted molar refractivity (Wildman–Crippen MR) is 254 cm³/mol. The first-order valence-corrected chi connectivity index (χ1v) is 23.7. The average molecular weight is 979 g/mol. The van der Waals surface area contributed by atoms with E-state index in [-0.39, 0.29) is 77.3 Å². The lowest BCUT2D eigenvalue weighted by atomic mass is 9.88. The summed E-state index contributed by atoms with van der Waals surface area (Å²) in [4.78, 5) is 35.2. The number of halogens is 6. The Balaban J connectivity index is 1.18. The van der Waals surface area contributed by atoms with Gasteiger partial charge in [0.15, 0.2) is 5.82 Å². The fourth-order valence-electron chi connectivity index (χ4n) is 10.9. The number of alkyl halides is 4. The van der Waals surface area contributed by atoms with Crippen LogP contribution in [-0.2, 0) is 24.0 Å². The summed E-state index contributed by atoms with van der Waals surface area (Å²) in [6.45, 7) is 10.5. The highest BCUT2D eigenvalue weighted by Crippen LogP contribution is 2.48. The molecule has 0 aliphatic carbocycles. The molecule has 4 fully saturated rings. The third kappa shape index (κ3) is 9.52. The van der Waals surface area contributed by atoms with Gasteiger partial charge < -0.3 is 28.7 Å². The first kappa shape index (κ1) is 48.3. The number of ether oxygens (including phenoxy) is 4. The molecule has 1 amide bonds. The molecule has 18 heteroatoms. The van der Waals surface area contributed by atoms with Crippen LogP contribution in [0.3, 0.4) is 0 Å². The molecule has 0 saturated carbocycles. The molecule has 5 aromatic rings. The van der Waals surface area contributed by atoms with Crippen molar-refractivity contribution in [3.8, 4) is 28.8 Å². The first-order valence-electron chi connectivity index (χ1n) is 23.4. The molecule has 368 valence electrons. The molecule has 5 atom stereocenters. The van der Waals surface area contributed by atoms with Crippen molar-refractivity contribution in [1.82, 2.24) is 24.8 Å². The molecule has 0 N–H and O–H groups in total. The number of carbonyl (C=O) groups is 1. The summed E-state index contributed by atoms with van der Waals surface area (Å²) in [6, 6.07) is 16.5. The van der Waals surface area contributed by atoms with E-state index in [1.807, 2.05) is 41.0 Å². The molecule has 5 unspecified atom stereocenters. The number of pyridine rings is 1. The number of aromatic nitrogens is 3. The second kappa shape index (κ2) is 18.6. The van der Waals surface area contributed by atoms with E-state index in [2.05, 4.69) is 14.9 Å². The Morgan fingerprint density at radius 3 is 2.09 bits per heavy atom. The molecule has 4 aliphatic heterocycles. The van der Waals surface area contributed by atoms with Gasteiger partial charge in [0, 0.05) is 44.5 Å². The summed E-state index contributed by atoms with van der Waals surface area (Å²) in [5.74, 6) is 0.492. The number of amides is 1. The largest absolute Gasteiger partial charge is 0.497 e. The third-order valence-corrected chi connectivity index (χ3v) is 14.3. The van der Waals surface area contributed by atoms with Gasteiger partial charge in [0.25, 0.3) is 0 Å². The van der Waals surface area contributed by atoms with E-state index in [4.69, 9.17) is 35.5 Å². The summed E-state index contributed by atoms with van der Waals surface area (Å²) in [5.41, 5.74) is -2.73. The van der Waals surface area contributed by atoms with Crippen molar-refractivity contribution in [2.24, 2.45) is 0 Å². The normalized spacial score (nSPS) is 22.0. The molecule has 3 aromatic carbocycles. The van der Waals surface area contributed by atoms with Crippen LogP contribution >= 0.6 is 11.6 Å². The Kier molecular flexibility index (Phi) is 13.0. The Bertz CT molecular complexity index is 2660. The number of fused-ring (bicyclic) bond motifs is 4. The maximum atomic E-state index is 18.0. The second-order valence-corrected chi connectivity index (χ2v) is 20.1. The van der Waals surface area contributed by atoms with Gasteiger partial charge in [0.2, 0.25) is 0 Å². The van der Waals surface area contributed by atoms with Crippen molar-refractivity contribution in [3.63, 3.8) is 0 Å². The lowest BCUT2D eigenvalue weighted by Crippen LogP contribution is -2.57. The fraction of sp³-hybridized carbons (Fsp3) is 0.490. The van der Waals surface area contributed by atoms with Gasteiger partial charge in [-0.1, -0.05) is 35.9 Å². The van der Waals surface area contributed by atoms with Crippen molar-refractivity contribution >= 4 is 40.2 Å². The van der Waals surface area contributed by atoms with Crippen molar-refractivity contribution in [2.45, 2.75) is 121 Å². The van der Waals surface area contributed by atoms with Gasteiger partial charge in [-0.25, -0.2) is 18.6 Å². The molecule has 2 bridgehead atoms. The minimum Gasteiger partial charge on any atom is -0.497 e. The molecule has 2 aromatic heterocycles. The Morgan fingerprint density at radius 2 is 1.52 bits per heavy atom. The summed E-state index contributed by atoms with van der Waals surface area (Å²) in [7, 11) is 3.11. The van der Waals surface area contributed by atoms with Crippen molar-refractivity contribution in [3.05, 3.63) is 93.8 Å². The molecule has 4 aliphatic rings. The first-order chi connectivity index (χ1) is 32.7. The molecular weight excluding hydrogens is 921 g/mol. The molecule has 0 spiro atoms. The maximum absolute atomic E-state index is 18.0. The van der Waals surface area contributed by atoms with Crippen LogP contribution in [0.4, 0.5) is 38.4 Å². The Hall–Kier alpha value is -5.68. The van der Waals surface area contributed by atoms with Gasteiger partial charge in [-0.2, -0.15) is 23.1 Å². The zero-order valence-electron chi connectivity index (χ0n) is 39.8. The topological polar surface area (TPSA) is 106 Å². The molecule has 4 saturated heterocycles. The van der Waals surface area contributed by atoms with Crippen LogP contribution in [0, 0.1) is 12.7 Å². The third-order valence-electron chi connectivity index (χ3n) is 14.0. The molecule has 69 heavy (non-hydrogen) atoms. The number of piperazine rings is 1. The number of methoxy groups -OCH3 is 2. The highest BCUT2D eigenvalue weighted by atomic mass is 35.5. The number of benzene rings is 3. The number of rotatable bonds is 12. The number of hydrogen-bond donors (Lipinski definition) is 0. The number of carbonyl (C=O) groups excluding carboxylic acids is 1. The number of nitrogens with zero attached hydrogens (tertiary/aromatic N) is 7. The van der Waals surface area contributed by atoms with Crippen molar-refractivity contribution in [1.29, 1.82) is 0 Å². The van der Waals surface area contributed by atoms with Gasteiger partial charge >= 0.3 is 18.3 Å². The van der Waals surface area contributed by atoms with Gasteiger partial charge in [0.05, 0.1) is 53.7 Å². The maximum Gasteiger partial charge on any atom is 0.418 e. The van der Waals surface area contributed by atoms with Crippen molar-refractivity contribution in [2.75, 3.05) is 50.2 Å². The molecule has 12 nitrogen and oxygen atoms in total. The second-order valence-electron chi connectivity index (χ2n) is 19.7. The van der Waals surface area contributed by atoms with E-state index in [0.29, 0.717) is 50.4 Å². The van der Waals surface area contributed by atoms with Gasteiger partial charge in [-0.15, -0.1) is 0 Å². The minimum absolute atomic E-state index is 0.138. The zero-order chi connectivity index (χ0) is 49.2. The predicted octanol–water partition coefficient (Wildman–Crippen LogP) is 11.0. The zero-order valence-corrected chi connectivity index (χ0v) is 40.6. The molecular formula is C51H57ClF5N7O5. The average Bonchev–Trinajstić information content (AvgIpc) is 3.93. The lowest BCUT2D eigenvalue weighted by molar-refractivity contribution is -0.137. The van der Waals surface area contributed by atoms with Crippen LogP contribution in [0.5, 0.6) is 17.5 Å². The van der Waals surface area contributed by atoms with Crippen LogP contribution in [0.15, 0.2) is 60.7 Å². The number of anilines is 2. The van der Waals surface area contributed by atoms with Gasteiger partial charge in [-0.05, 0) is 120 Å². The van der Waals surface area contributed by atoms with E-state index in [1.165, 1.54) is 19.1 Å². The van der Waals surface area contributed by atoms with Crippen LogP contribution in [0.2, 0.25) is 5.02 Å². The van der Waals surface area contributed by atoms with Gasteiger partial charge in [0.1, 0.15) is 46.5 Å². The van der Waals surface area contributed by atoms with E-state index in [9.17, 15) is 4.79 Å². The van der Waals surface area contributed by atoms with Crippen molar-refractivity contribution < 1.29 is 45.7 Å². The quantitative estimate of drug-likeness (QED) is 0.112. The van der Waals surface area contributed by atoms with Crippen LogP contribution in [-0.4, -0.2) is 107 Å². The van der Waals surface area contributed by atoms with E-state index >= 15 is 22.0 Å². The highest BCUT2D eigenvalue weighted by Gasteiger charge is 2.53. The highest BCUT2D eigenvalue weighted by molar-refractivity contribution is 6.34. The van der Waals surface area contributed by atoms with Gasteiger partial charge in [-0.3, -0.25) is 9.80 Å². The summed E-state index contributed by atoms with van der Waals surface area (Å²) < 4.78 is 102. The monoisotopic (exact) mass is 977 g/mol. The van der Waals surface area contributed by atoms with E-state index < -0.39 is 58.3 Å². The smallest absolute Gasteiger partial charge is 0.418 e. The standard InChI is InChI=1S/C51H57ClF5N7O5/c1-29-21-40(61(24-31-9-15-36(66-6)16-10-31)25-32-11-17-37(67-7)18-12-32)58-45(42(29)51(55,56)57)41-39(52)22-38-44(43(41)54)59-47(68-30(2)50-19-8-20-63(50)26-33(53)23-50)60-46(38)62-27-34-13-14-35(28-62)64(34)48(65)69-49(3,4)5/h9-12,15-18,21-22,30,33-35H,8,13-14,19-20,23-28H2,1-7H3. The summed E-state index contributed by atoms with van der Waals surface area (Å²) in [6.07, 6.45) is -3.98.